The predicted octanol–water partition coefficient (Wildman–Crippen LogP) is 4.42. The van der Waals surface area contributed by atoms with E-state index in [9.17, 15) is 0 Å². The summed E-state index contributed by atoms with van der Waals surface area (Å²) in [4.78, 5) is 0. The second-order valence-corrected chi connectivity index (χ2v) is 6.10. The van der Waals surface area contributed by atoms with Crippen LogP contribution < -0.4 is 10.6 Å². The first-order valence-corrected chi connectivity index (χ1v) is 8.01. The molecule has 0 aliphatic heterocycles. The van der Waals surface area contributed by atoms with E-state index in [0.717, 1.165) is 11.3 Å². The van der Waals surface area contributed by atoms with Gasteiger partial charge in [-0.2, -0.15) is 5.26 Å². The first kappa shape index (κ1) is 17.0. The minimum Gasteiger partial charge on any atom is -0.356 e. The van der Waals surface area contributed by atoms with Crippen LogP contribution >= 0.6 is 12.2 Å². The Kier molecular flexibility index (Phi) is 5.72. The highest BCUT2D eigenvalue weighted by molar-refractivity contribution is 7.80. The number of hydrogen-bond donors (Lipinski definition) is 2. The molecule has 0 aliphatic rings. The second kappa shape index (κ2) is 7.75. The molecule has 0 aliphatic carbocycles. The number of benzene rings is 2. The zero-order valence-corrected chi connectivity index (χ0v) is 14.5. The van der Waals surface area contributed by atoms with E-state index in [1.54, 1.807) is 0 Å². The Bertz CT molecular complexity index is 729. The zero-order chi connectivity index (χ0) is 16.8. The first-order chi connectivity index (χ1) is 11.0. The van der Waals surface area contributed by atoms with Gasteiger partial charge in [0.1, 0.15) is 0 Å². The van der Waals surface area contributed by atoms with Crippen LogP contribution in [0.3, 0.4) is 0 Å². The fourth-order valence-electron chi connectivity index (χ4n) is 2.28. The summed E-state index contributed by atoms with van der Waals surface area (Å²) in [6.45, 7) is 6.32. The fourth-order valence-corrected chi connectivity index (χ4v) is 2.57. The number of thiocarbonyl (C=S) groups is 1. The molecule has 0 radical (unpaired) electrons. The molecule has 0 aromatic heterocycles. The van der Waals surface area contributed by atoms with Crippen LogP contribution in [0.25, 0.3) is 0 Å². The Hall–Kier alpha value is -2.38. The van der Waals surface area contributed by atoms with E-state index in [-0.39, 0.29) is 6.04 Å². The van der Waals surface area contributed by atoms with Gasteiger partial charge in [0.15, 0.2) is 5.11 Å². The van der Waals surface area contributed by atoms with E-state index in [1.807, 2.05) is 24.3 Å². The molecule has 1 atom stereocenters. The highest BCUT2D eigenvalue weighted by Crippen LogP contribution is 2.17. The number of nitriles is 1. The minimum absolute atomic E-state index is 0.132. The number of aryl methyl sites for hydroxylation is 2. The van der Waals surface area contributed by atoms with Gasteiger partial charge in [0, 0.05) is 5.69 Å². The van der Waals surface area contributed by atoms with E-state index in [0.29, 0.717) is 11.5 Å². The molecule has 0 amide bonds. The van der Waals surface area contributed by atoms with E-state index in [1.165, 1.54) is 16.7 Å². The number of hydrogen-bond acceptors (Lipinski definition) is 2. The van der Waals surface area contributed by atoms with Gasteiger partial charge >= 0.3 is 0 Å². The molecule has 0 spiro atoms. The molecule has 0 heterocycles. The average molecular weight is 323 g/mol. The van der Waals surface area contributed by atoms with Crippen molar-refractivity contribution in [2.24, 2.45) is 0 Å². The van der Waals surface area contributed by atoms with Crippen molar-refractivity contribution >= 4 is 23.0 Å². The molecule has 1 unspecified atom stereocenters. The smallest absolute Gasteiger partial charge is 0.171 e. The standard InChI is InChI=1S/C19H21N3S/c1-13-4-7-17(12-14(13)2)15(3)21-19(23)22-18-8-5-16(6-9-18)10-11-20/h4-9,12,15H,10H2,1-3H3,(H2,21,22,23). The third-order valence-corrected chi connectivity index (χ3v) is 4.09. The van der Waals surface area contributed by atoms with Gasteiger partial charge in [0.05, 0.1) is 18.5 Å². The molecule has 0 saturated carbocycles. The topological polar surface area (TPSA) is 47.8 Å². The van der Waals surface area contributed by atoms with Crippen molar-refractivity contribution in [3.05, 3.63) is 64.7 Å². The summed E-state index contributed by atoms with van der Waals surface area (Å²) >= 11 is 5.38. The van der Waals surface area contributed by atoms with Crippen LogP contribution in [0.4, 0.5) is 5.69 Å². The summed E-state index contributed by atoms with van der Waals surface area (Å²) in [6, 6.07) is 16.4. The lowest BCUT2D eigenvalue weighted by Gasteiger charge is -2.18. The third-order valence-electron chi connectivity index (χ3n) is 3.87. The zero-order valence-electron chi connectivity index (χ0n) is 13.7. The van der Waals surface area contributed by atoms with Gasteiger partial charge in [-0.3, -0.25) is 0 Å². The molecule has 4 heteroatoms. The Morgan fingerprint density at radius 2 is 1.83 bits per heavy atom. The predicted molar refractivity (Wildman–Crippen MR) is 99.4 cm³/mol. The highest BCUT2D eigenvalue weighted by Gasteiger charge is 2.08. The molecule has 3 nitrogen and oxygen atoms in total. The van der Waals surface area contributed by atoms with Crippen LogP contribution in [0.2, 0.25) is 0 Å². The maximum Gasteiger partial charge on any atom is 0.171 e. The van der Waals surface area contributed by atoms with Gasteiger partial charge in [-0.15, -0.1) is 0 Å². The van der Waals surface area contributed by atoms with Gasteiger partial charge in [0.2, 0.25) is 0 Å². The Morgan fingerprint density at radius 3 is 2.43 bits per heavy atom. The maximum absolute atomic E-state index is 8.68. The third kappa shape index (κ3) is 4.80. The lowest BCUT2D eigenvalue weighted by atomic mass is 10.0. The Morgan fingerprint density at radius 1 is 1.13 bits per heavy atom. The summed E-state index contributed by atoms with van der Waals surface area (Å²) < 4.78 is 0. The molecule has 2 aromatic rings. The van der Waals surface area contributed by atoms with Gasteiger partial charge in [0.25, 0.3) is 0 Å². The first-order valence-electron chi connectivity index (χ1n) is 7.60. The Labute approximate surface area is 143 Å². The van der Waals surface area contributed by atoms with E-state index in [2.05, 4.69) is 55.7 Å². The molecule has 2 rings (SSSR count). The van der Waals surface area contributed by atoms with E-state index >= 15 is 0 Å². The van der Waals surface area contributed by atoms with Crippen molar-refractivity contribution in [3.8, 4) is 6.07 Å². The monoisotopic (exact) mass is 323 g/mol. The van der Waals surface area contributed by atoms with Crippen molar-refractivity contribution in [2.75, 3.05) is 5.32 Å². The molecular formula is C19H21N3S. The Balaban J connectivity index is 1.95. The summed E-state index contributed by atoms with van der Waals surface area (Å²) in [5.41, 5.74) is 5.70. The largest absolute Gasteiger partial charge is 0.356 e. The molecule has 2 aromatic carbocycles. The normalized spacial score (nSPS) is 11.4. The maximum atomic E-state index is 8.68. The average Bonchev–Trinajstić information content (AvgIpc) is 2.52. The van der Waals surface area contributed by atoms with Gasteiger partial charge in [-0.25, -0.2) is 0 Å². The number of nitrogens with zero attached hydrogens (tertiary/aromatic N) is 1. The molecule has 0 bridgehead atoms. The van der Waals surface area contributed by atoms with Crippen LogP contribution in [-0.2, 0) is 6.42 Å². The van der Waals surface area contributed by atoms with Crippen LogP contribution in [-0.4, -0.2) is 5.11 Å². The van der Waals surface area contributed by atoms with Crippen LogP contribution in [0.1, 0.15) is 35.2 Å². The molecule has 0 saturated heterocycles. The quantitative estimate of drug-likeness (QED) is 0.818. The fraction of sp³-hybridized carbons (Fsp3) is 0.263. The van der Waals surface area contributed by atoms with Crippen LogP contribution in [0, 0.1) is 25.2 Å². The van der Waals surface area contributed by atoms with E-state index in [4.69, 9.17) is 17.5 Å². The van der Waals surface area contributed by atoms with E-state index < -0.39 is 0 Å². The van der Waals surface area contributed by atoms with Crippen molar-refractivity contribution < 1.29 is 0 Å². The van der Waals surface area contributed by atoms with Gasteiger partial charge in [-0.1, -0.05) is 30.3 Å². The summed E-state index contributed by atoms with van der Waals surface area (Å²) in [5, 5.41) is 15.7. The van der Waals surface area contributed by atoms with Crippen molar-refractivity contribution in [1.29, 1.82) is 5.26 Å². The number of nitrogens with one attached hydrogen (secondary N) is 2. The highest BCUT2D eigenvalue weighted by atomic mass is 32.1. The summed E-state index contributed by atoms with van der Waals surface area (Å²) in [5.74, 6) is 0. The number of anilines is 1. The summed E-state index contributed by atoms with van der Waals surface area (Å²) in [6.07, 6.45) is 0.423. The molecule has 23 heavy (non-hydrogen) atoms. The molecular weight excluding hydrogens is 302 g/mol. The number of rotatable bonds is 4. The van der Waals surface area contributed by atoms with Crippen LogP contribution in [0.15, 0.2) is 42.5 Å². The summed E-state index contributed by atoms with van der Waals surface area (Å²) in [7, 11) is 0. The van der Waals surface area contributed by atoms with Gasteiger partial charge < -0.3 is 10.6 Å². The second-order valence-electron chi connectivity index (χ2n) is 5.70. The van der Waals surface area contributed by atoms with Crippen molar-refractivity contribution in [1.82, 2.24) is 5.32 Å². The lowest BCUT2D eigenvalue weighted by Crippen LogP contribution is -2.30. The molecule has 118 valence electrons. The van der Waals surface area contributed by atoms with Crippen molar-refractivity contribution in [3.63, 3.8) is 0 Å². The molecule has 2 N–H and O–H groups in total. The molecule has 0 fully saturated rings. The van der Waals surface area contributed by atoms with Crippen molar-refractivity contribution in [2.45, 2.75) is 33.2 Å². The minimum atomic E-state index is 0.132. The SMILES string of the molecule is Cc1ccc(C(C)NC(=S)Nc2ccc(CC#N)cc2)cc1C. The lowest BCUT2D eigenvalue weighted by molar-refractivity contribution is 0.721. The van der Waals surface area contributed by atoms with Crippen LogP contribution in [0.5, 0.6) is 0 Å². The van der Waals surface area contributed by atoms with Gasteiger partial charge in [-0.05, 0) is 67.4 Å².